The van der Waals surface area contributed by atoms with Gasteiger partial charge < -0.3 is 10.0 Å². The Bertz CT molecular complexity index is 365. The van der Waals surface area contributed by atoms with Crippen molar-refractivity contribution >= 4 is 23.2 Å². The van der Waals surface area contributed by atoms with E-state index in [-0.39, 0.29) is 12.0 Å². The van der Waals surface area contributed by atoms with Crippen LogP contribution in [0.2, 0.25) is 0 Å². The molecule has 0 bridgehead atoms. The van der Waals surface area contributed by atoms with Crippen LogP contribution in [0.5, 0.6) is 0 Å². The number of nitrogens with zero attached hydrogens (tertiary/aromatic N) is 1. The van der Waals surface area contributed by atoms with Gasteiger partial charge in [0.25, 0.3) is 0 Å². The van der Waals surface area contributed by atoms with Gasteiger partial charge in [0.1, 0.15) is 0 Å². The molecule has 1 aliphatic rings. The van der Waals surface area contributed by atoms with Gasteiger partial charge in [0.05, 0.1) is 5.03 Å². The van der Waals surface area contributed by atoms with E-state index in [4.69, 9.17) is 23.2 Å². The summed E-state index contributed by atoms with van der Waals surface area (Å²) in [5.41, 5.74) is 0.0719. The van der Waals surface area contributed by atoms with Gasteiger partial charge in [-0.25, -0.2) is 0 Å². The number of hydrogen-bond acceptors (Lipinski definition) is 2. The molecule has 1 unspecified atom stereocenters. The molecule has 0 heterocycles. The number of hydrogen-bond donors (Lipinski definition) is 1. The van der Waals surface area contributed by atoms with Crippen molar-refractivity contribution in [2.45, 2.75) is 39.0 Å². The van der Waals surface area contributed by atoms with Crippen LogP contribution in [0.25, 0.3) is 0 Å². The van der Waals surface area contributed by atoms with Crippen LogP contribution >= 0.6 is 23.2 Å². The lowest BCUT2D eigenvalue weighted by molar-refractivity contribution is 0.0805. The van der Waals surface area contributed by atoms with Crippen LogP contribution in [-0.2, 0) is 0 Å². The third kappa shape index (κ3) is 4.77. The van der Waals surface area contributed by atoms with Gasteiger partial charge >= 0.3 is 0 Å². The minimum absolute atomic E-state index is 0.0719. The van der Waals surface area contributed by atoms with Crippen molar-refractivity contribution in [1.82, 2.24) is 4.90 Å². The van der Waals surface area contributed by atoms with Crippen LogP contribution in [-0.4, -0.2) is 37.3 Å². The van der Waals surface area contributed by atoms with Crippen molar-refractivity contribution in [1.29, 1.82) is 0 Å². The molecule has 0 amide bonds. The molecule has 0 aliphatic heterocycles. The highest BCUT2D eigenvalue weighted by atomic mass is 35.5. The Labute approximate surface area is 133 Å². The third-order valence-electron chi connectivity index (χ3n) is 4.19. The maximum atomic E-state index is 9.55. The van der Waals surface area contributed by atoms with Crippen molar-refractivity contribution in [3.63, 3.8) is 0 Å². The molecule has 0 aromatic heterocycles. The van der Waals surface area contributed by atoms with Crippen LogP contribution in [0, 0.1) is 11.3 Å². The minimum atomic E-state index is 0.0719. The van der Waals surface area contributed by atoms with Gasteiger partial charge in [-0.3, -0.25) is 0 Å². The summed E-state index contributed by atoms with van der Waals surface area (Å²) >= 11 is 12.3. The molecule has 0 radical (unpaired) electrons. The predicted molar refractivity (Wildman–Crippen MR) is 88.2 cm³/mol. The topological polar surface area (TPSA) is 23.5 Å². The molecule has 2 nitrogen and oxygen atoms in total. The minimum Gasteiger partial charge on any atom is -0.396 e. The predicted octanol–water partition coefficient (Wildman–Crippen LogP) is 4.37. The number of rotatable bonds is 8. The molecule has 0 saturated carbocycles. The summed E-state index contributed by atoms with van der Waals surface area (Å²) in [5, 5.41) is 10.9. The molecular weight excluding hydrogens is 293 g/mol. The van der Waals surface area contributed by atoms with E-state index >= 15 is 0 Å². The summed E-state index contributed by atoms with van der Waals surface area (Å²) in [5.74, 6) is 0.346. The van der Waals surface area contributed by atoms with E-state index in [0.29, 0.717) is 11.0 Å². The van der Waals surface area contributed by atoms with E-state index in [9.17, 15) is 5.11 Å². The molecule has 2 atom stereocenters. The fourth-order valence-electron chi connectivity index (χ4n) is 3.22. The van der Waals surface area contributed by atoms with Gasteiger partial charge in [-0.2, -0.15) is 0 Å². The molecule has 0 fully saturated rings. The Kier molecular flexibility index (Phi) is 7.60. The molecule has 20 heavy (non-hydrogen) atoms. The van der Waals surface area contributed by atoms with Crippen LogP contribution < -0.4 is 0 Å². The fourth-order valence-corrected chi connectivity index (χ4v) is 3.60. The summed E-state index contributed by atoms with van der Waals surface area (Å²) in [7, 11) is 4.18. The first-order chi connectivity index (χ1) is 9.45. The zero-order valence-electron chi connectivity index (χ0n) is 12.8. The normalized spacial score (nSPS) is 22.4. The summed E-state index contributed by atoms with van der Waals surface area (Å²) in [6.45, 7) is 3.39. The molecular formula is C16H27Cl2NO. The Hall–Kier alpha value is -0.0200. The molecule has 1 N–H and O–H groups in total. The van der Waals surface area contributed by atoms with Crippen molar-refractivity contribution in [3.8, 4) is 0 Å². The number of halogens is 2. The van der Waals surface area contributed by atoms with Crippen molar-refractivity contribution in [2.75, 3.05) is 27.2 Å². The van der Waals surface area contributed by atoms with E-state index in [1.807, 2.05) is 6.08 Å². The highest BCUT2D eigenvalue weighted by molar-refractivity contribution is 6.40. The monoisotopic (exact) mass is 319 g/mol. The van der Waals surface area contributed by atoms with E-state index < -0.39 is 0 Å². The van der Waals surface area contributed by atoms with E-state index in [0.717, 1.165) is 30.8 Å². The Morgan fingerprint density at radius 3 is 2.55 bits per heavy atom. The van der Waals surface area contributed by atoms with Gasteiger partial charge in [-0.15, -0.1) is 0 Å². The molecule has 0 aromatic rings. The lowest BCUT2D eigenvalue weighted by atomic mass is 9.67. The van der Waals surface area contributed by atoms with Gasteiger partial charge in [0, 0.05) is 18.2 Å². The first-order valence-corrected chi connectivity index (χ1v) is 8.18. The Balaban J connectivity index is 2.98. The zero-order chi connectivity index (χ0) is 15.2. The van der Waals surface area contributed by atoms with Gasteiger partial charge in [-0.05, 0) is 50.8 Å². The van der Waals surface area contributed by atoms with E-state index in [1.165, 1.54) is 12.8 Å². The van der Waals surface area contributed by atoms with Gasteiger partial charge in [0.15, 0.2) is 0 Å². The first kappa shape index (κ1) is 18.0. The first-order valence-electron chi connectivity index (χ1n) is 7.43. The quantitative estimate of drug-likeness (QED) is 0.718. The molecule has 0 spiro atoms. The second kappa shape index (κ2) is 8.43. The fraction of sp³-hybridized carbons (Fsp3) is 0.750. The van der Waals surface area contributed by atoms with Crippen LogP contribution in [0.4, 0.5) is 0 Å². The molecule has 116 valence electrons. The van der Waals surface area contributed by atoms with Crippen molar-refractivity contribution in [3.05, 3.63) is 22.2 Å². The average Bonchev–Trinajstić information content (AvgIpc) is 2.38. The van der Waals surface area contributed by atoms with Crippen molar-refractivity contribution < 1.29 is 5.11 Å². The number of aliphatic hydroxyl groups excluding tert-OH is 1. The smallest absolute Gasteiger partial charge is 0.0548 e. The standard InChI is InChI=1S/C16H27Cl2NO/c1-4-5-8-16(9-10-20,12-19(2)3)13-6-7-14(17)15(18)11-13/h6-7,13,20H,4-5,8-12H2,1-3H3/t13?,16-/m1/s1. The van der Waals surface area contributed by atoms with E-state index in [2.05, 4.69) is 32.0 Å². The zero-order valence-corrected chi connectivity index (χ0v) is 14.3. The largest absolute Gasteiger partial charge is 0.396 e. The summed E-state index contributed by atoms with van der Waals surface area (Å²) in [6, 6.07) is 0. The van der Waals surface area contributed by atoms with Crippen LogP contribution in [0.3, 0.4) is 0 Å². The van der Waals surface area contributed by atoms with Crippen LogP contribution in [0.15, 0.2) is 22.2 Å². The number of unbranched alkanes of at least 4 members (excludes halogenated alkanes) is 1. The lowest BCUT2D eigenvalue weighted by Crippen LogP contribution is -2.41. The Morgan fingerprint density at radius 2 is 2.05 bits per heavy atom. The number of allylic oxidation sites excluding steroid dienone is 4. The Morgan fingerprint density at radius 1 is 1.35 bits per heavy atom. The molecule has 4 heteroatoms. The second-order valence-corrected chi connectivity index (χ2v) is 6.96. The molecule has 0 saturated heterocycles. The second-order valence-electron chi connectivity index (χ2n) is 6.10. The highest BCUT2D eigenvalue weighted by Crippen LogP contribution is 2.45. The maximum Gasteiger partial charge on any atom is 0.0548 e. The van der Waals surface area contributed by atoms with Gasteiger partial charge in [0.2, 0.25) is 0 Å². The molecule has 1 rings (SSSR count). The lowest BCUT2D eigenvalue weighted by Gasteiger charge is -2.42. The SMILES string of the molecule is CCCC[C@@](CCO)(CN(C)C)C1C=CC(Cl)=C(Cl)C1. The van der Waals surface area contributed by atoms with Crippen molar-refractivity contribution in [2.24, 2.45) is 11.3 Å². The molecule has 0 aromatic carbocycles. The third-order valence-corrected chi connectivity index (χ3v) is 5.00. The number of aliphatic hydroxyl groups is 1. The summed E-state index contributed by atoms with van der Waals surface area (Å²) in [6.07, 6.45) is 9.15. The van der Waals surface area contributed by atoms with Gasteiger partial charge in [-0.1, -0.05) is 49.0 Å². The summed E-state index contributed by atoms with van der Waals surface area (Å²) < 4.78 is 0. The summed E-state index contributed by atoms with van der Waals surface area (Å²) in [4.78, 5) is 2.22. The van der Waals surface area contributed by atoms with Crippen LogP contribution in [0.1, 0.15) is 39.0 Å². The maximum absolute atomic E-state index is 9.55. The highest BCUT2D eigenvalue weighted by Gasteiger charge is 2.38. The molecule has 1 aliphatic carbocycles. The van der Waals surface area contributed by atoms with E-state index in [1.54, 1.807) is 0 Å². The average molecular weight is 320 g/mol.